The first-order valence-corrected chi connectivity index (χ1v) is 9.90. The molecule has 0 saturated carbocycles. The average molecular weight is 370 g/mol. The van der Waals surface area contributed by atoms with Crippen LogP contribution < -0.4 is 4.90 Å². The molecule has 0 amide bonds. The van der Waals surface area contributed by atoms with Crippen molar-refractivity contribution in [2.24, 2.45) is 11.8 Å². The van der Waals surface area contributed by atoms with Crippen molar-refractivity contribution in [3.8, 4) is 0 Å². The molecule has 0 radical (unpaired) electrons. The van der Waals surface area contributed by atoms with Crippen molar-refractivity contribution in [3.63, 3.8) is 0 Å². The number of aryl methyl sites for hydroxylation is 1. The highest BCUT2D eigenvalue weighted by Crippen LogP contribution is 2.34. The minimum absolute atomic E-state index is 0.364. The molecular formula is C19H26N6O2. The SMILES string of the molecule is Cc1cc(N2CC3CN(Cc4nnc(C5CCOCC5)o4)CC3C2)ncn1. The molecule has 0 bridgehead atoms. The topological polar surface area (TPSA) is 80.4 Å². The van der Waals surface area contributed by atoms with Gasteiger partial charge in [0, 0.05) is 57.1 Å². The molecule has 5 heterocycles. The summed E-state index contributed by atoms with van der Waals surface area (Å²) in [5.41, 5.74) is 1.02. The first-order valence-electron chi connectivity index (χ1n) is 9.90. The van der Waals surface area contributed by atoms with Gasteiger partial charge in [-0.3, -0.25) is 4.90 Å². The van der Waals surface area contributed by atoms with E-state index in [0.717, 1.165) is 82.1 Å². The molecule has 8 heteroatoms. The first-order chi connectivity index (χ1) is 13.2. The van der Waals surface area contributed by atoms with Gasteiger partial charge >= 0.3 is 0 Å². The summed E-state index contributed by atoms with van der Waals surface area (Å²) in [6.45, 7) is 8.66. The molecule has 3 aliphatic rings. The van der Waals surface area contributed by atoms with Gasteiger partial charge in [0.25, 0.3) is 0 Å². The molecule has 144 valence electrons. The van der Waals surface area contributed by atoms with Crippen molar-refractivity contribution < 1.29 is 9.15 Å². The average Bonchev–Trinajstić information content (AvgIpc) is 3.38. The molecular weight excluding hydrogens is 344 g/mol. The van der Waals surface area contributed by atoms with Gasteiger partial charge < -0.3 is 14.1 Å². The van der Waals surface area contributed by atoms with Crippen LogP contribution in [0.25, 0.3) is 0 Å². The van der Waals surface area contributed by atoms with Gasteiger partial charge in [-0.25, -0.2) is 9.97 Å². The number of aromatic nitrogens is 4. The fourth-order valence-corrected chi connectivity index (χ4v) is 4.65. The van der Waals surface area contributed by atoms with Gasteiger partial charge in [0.15, 0.2) is 0 Å². The lowest BCUT2D eigenvalue weighted by Crippen LogP contribution is -2.29. The minimum atomic E-state index is 0.364. The molecule has 2 unspecified atom stereocenters. The molecule has 5 rings (SSSR count). The monoisotopic (exact) mass is 370 g/mol. The van der Waals surface area contributed by atoms with Gasteiger partial charge in [-0.05, 0) is 31.6 Å². The van der Waals surface area contributed by atoms with Crippen LogP contribution in [0.1, 0.15) is 36.2 Å². The Hall–Kier alpha value is -2.06. The lowest BCUT2D eigenvalue weighted by atomic mass is 10.0. The number of likely N-dealkylation sites (tertiary alicyclic amines) is 1. The van der Waals surface area contributed by atoms with E-state index in [1.54, 1.807) is 6.33 Å². The predicted molar refractivity (Wildman–Crippen MR) is 98.3 cm³/mol. The molecule has 27 heavy (non-hydrogen) atoms. The number of fused-ring (bicyclic) bond motifs is 1. The van der Waals surface area contributed by atoms with Crippen molar-refractivity contribution in [2.75, 3.05) is 44.3 Å². The summed E-state index contributed by atoms with van der Waals surface area (Å²) in [6, 6.07) is 2.08. The van der Waals surface area contributed by atoms with Gasteiger partial charge in [-0.15, -0.1) is 10.2 Å². The molecule has 3 aliphatic heterocycles. The highest BCUT2D eigenvalue weighted by molar-refractivity contribution is 5.40. The van der Waals surface area contributed by atoms with Crippen molar-refractivity contribution in [2.45, 2.75) is 32.2 Å². The Balaban J connectivity index is 1.17. The zero-order valence-electron chi connectivity index (χ0n) is 15.8. The van der Waals surface area contributed by atoms with Crippen molar-refractivity contribution in [3.05, 3.63) is 29.9 Å². The predicted octanol–water partition coefficient (Wildman–Crippen LogP) is 1.63. The van der Waals surface area contributed by atoms with Crippen LogP contribution in [-0.2, 0) is 11.3 Å². The van der Waals surface area contributed by atoms with Crippen molar-refractivity contribution in [1.82, 2.24) is 25.1 Å². The maximum atomic E-state index is 5.96. The number of nitrogens with zero attached hydrogens (tertiary/aromatic N) is 6. The Kier molecular flexibility index (Phi) is 4.53. The summed E-state index contributed by atoms with van der Waals surface area (Å²) in [6.07, 6.45) is 3.62. The maximum Gasteiger partial charge on any atom is 0.230 e. The molecule has 0 aromatic carbocycles. The molecule has 2 aromatic heterocycles. The molecule has 3 fully saturated rings. The molecule has 8 nitrogen and oxygen atoms in total. The third-order valence-corrected chi connectivity index (χ3v) is 6.09. The van der Waals surface area contributed by atoms with Crippen LogP contribution in [-0.4, -0.2) is 64.5 Å². The second-order valence-corrected chi connectivity index (χ2v) is 8.06. The molecule has 3 saturated heterocycles. The molecule has 0 spiro atoms. The van der Waals surface area contributed by atoms with Crippen LogP contribution in [0.2, 0.25) is 0 Å². The Labute approximate surface area is 158 Å². The van der Waals surface area contributed by atoms with E-state index < -0.39 is 0 Å². The summed E-state index contributed by atoms with van der Waals surface area (Å²) in [5, 5.41) is 8.59. The third kappa shape index (κ3) is 3.55. The molecule has 0 N–H and O–H groups in total. The number of anilines is 1. The summed E-state index contributed by atoms with van der Waals surface area (Å²) >= 11 is 0. The third-order valence-electron chi connectivity index (χ3n) is 6.09. The zero-order valence-corrected chi connectivity index (χ0v) is 15.8. The number of hydrogen-bond donors (Lipinski definition) is 0. The van der Waals surface area contributed by atoms with E-state index in [-0.39, 0.29) is 0 Å². The van der Waals surface area contributed by atoms with Gasteiger partial charge in [-0.2, -0.15) is 0 Å². The Bertz CT molecular complexity index is 776. The Morgan fingerprint density at radius 2 is 1.81 bits per heavy atom. The summed E-state index contributed by atoms with van der Waals surface area (Å²) in [5.74, 6) is 4.32. The molecule has 2 aromatic rings. The van der Waals surface area contributed by atoms with E-state index in [1.807, 2.05) is 6.92 Å². The summed E-state index contributed by atoms with van der Waals surface area (Å²) in [7, 11) is 0. The van der Waals surface area contributed by atoms with Gasteiger partial charge in [-0.1, -0.05) is 0 Å². The van der Waals surface area contributed by atoms with E-state index in [1.165, 1.54) is 0 Å². The van der Waals surface area contributed by atoms with E-state index in [2.05, 4.69) is 36.0 Å². The minimum Gasteiger partial charge on any atom is -0.424 e. The van der Waals surface area contributed by atoms with Crippen LogP contribution in [0.4, 0.5) is 5.82 Å². The summed E-state index contributed by atoms with van der Waals surface area (Å²) < 4.78 is 11.4. The fourth-order valence-electron chi connectivity index (χ4n) is 4.65. The standard InChI is InChI=1S/C19H26N6O2/c1-13-6-17(21-12-20-13)25-9-15-7-24(8-16(15)10-25)11-18-22-23-19(27-18)14-2-4-26-5-3-14/h6,12,14-16H,2-5,7-11H2,1H3. The fraction of sp³-hybridized carbons (Fsp3) is 0.684. The highest BCUT2D eigenvalue weighted by Gasteiger charge is 2.40. The quantitative estimate of drug-likeness (QED) is 0.803. The normalized spacial score (nSPS) is 26.6. The van der Waals surface area contributed by atoms with Gasteiger partial charge in [0.2, 0.25) is 11.8 Å². The number of rotatable bonds is 4. The second kappa shape index (κ2) is 7.16. The molecule has 0 aliphatic carbocycles. The van der Waals surface area contributed by atoms with Crippen LogP contribution in [0.15, 0.2) is 16.8 Å². The second-order valence-electron chi connectivity index (χ2n) is 8.06. The number of hydrogen-bond acceptors (Lipinski definition) is 8. The van der Waals surface area contributed by atoms with Crippen LogP contribution >= 0.6 is 0 Å². The van der Waals surface area contributed by atoms with E-state index in [0.29, 0.717) is 17.8 Å². The van der Waals surface area contributed by atoms with E-state index in [4.69, 9.17) is 9.15 Å². The lowest BCUT2D eigenvalue weighted by Gasteiger charge is -2.21. The van der Waals surface area contributed by atoms with Crippen molar-refractivity contribution in [1.29, 1.82) is 0 Å². The summed E-state index contributed by atoms with van der Waals surface area (Å²) in [4.78, 5) is 13.5. The van der Waals surface area contributed by atoms with Gasteiger partial charge in [0.1, 0.15) is 12.1 Å². The zero-order chi connectivity index (χ0) is 18.2. The van der Waals surface area contributed by atoms with E-state index in [9.17, 15) is 0 Å². The first kappa shape index (κ1) is 17.1. The Morgan fingerprint density at radius 3 is 2.56 bits per heavy atom. The Morgan fingerprint density at radius 1 is 1.04 bits per heavy atom. The van der Waals surface area contributed by atoms with Crippen molar-refractivity contribution >= 4 is 5.82 Å². The van der Waals surface area contributed by atoms with Crippen LogP contribution in [0.5, 0.6) is 0 Å². The molecule has 2 atom stereocenters. The van der Waals surface area contributed by atoms with Crippen LogP contribution in [0, 0.1) is 18.8 Å². The highest BCUT2D eigenvalue weighted by atomic mass is 16.5. The van der Waals surface area contributed by atoms with Gasteiger partial charge in [0.05, 0.1) is 6.54 Å². The number of ether oxygens (including phenoxy) is 1. The maximum absolute atomic E-state index is 5.96. The smallest absolute Gasteiger partial charge is 0.230 e. The lowest BCUT2D eigenvalue weighted by molar-refractivity contribution is 0.0788. The van der Waals surface area contributed by atoms with E-state index >= 15 is 0 Å². The largest absolute Gasteiger partial charge is 0.424 e. The van der Waals surface area contributed by atoms with Crippen LogP contribution in [0.3, 0.4) is 0 Å².